The molecule has 6 nitrogen and oxygen atoms in total. The van der Waals surface area contributed by atoms with Gasteiger partial charge in [0.25, 0.3) is 6.20 Å². The van der Waals surface area contributed by atoms with Crippen LogP contribution in [-0.2, 0) is 19.1 Å². The molecule has 0 saturated heterocycles. The molecule has 3 aromatic rings. The molecule has 3 rings (SSSR count). The Morgan fingerprint density at radius 3 is 2.48 bits per heavy atom. The highest BCUT2D eigenvalue weighted by molar-refractivity contribution is 5.98. The van der Waals surface area contributed by atoms with Crippen LogP contribution in [0.1, 0.15) is 11.1 Å². The van der Waals surface area contributed by atoms with E-state index in [-0.39, 0.29) is 11.6 Å². The Labute approximate surface area is 164 Å². The minimum Gasteiger partial charge on any atom is -0.308 e. The Hall–Kier alpha value is -3.43. The van der Waals surface area contributed by atoms with Gasteiger partial charge in [0, 0.05) is 12.1 Å². The summed E-state index contributed by atoms with van der Waals surface area (Å²) in [6.07, 6.45) is -2.26. The van der Waals surface area contributed by atoms with Gasteiger partial charge < -0.3 is 5.32 Å². The number of halogens is 4. The van der Waals surface area contributed by atoms with E-state index in [0.29, 0.717) is 13.7 Å². The van der Waals surface area contributed by atoms with Crippen LogP contribution < -0.4 is 15.3 Å². The lowest BCUT2D eigenvalue weighted by Crippen LogP contribution is -2.35. The summed E-state index contributed by atoms with van der Waals surface area (Å²) in [6.45, 7) is 0.546. The van der Waals surface area contributed by atoms with E-state index in [9.17, 15) is 22.4 Å². The molecule has 0 aliphatic heterocycles. The fraction of sp³-hybridized carbons (Fsp3) is 0.211. The highest BCUT2D eigenvalue weighted by Crippen LogP contribution is 2.30. The van der Waals surface area contributed by atoms with Crippen molar-refractivity contribution in [2.24, 2.45) is 0 Å². The number of aryl methyl sites for hydroxylation is 2. The van der Waals surface area contributed by atoms with E-state index in [1.165, 1.54) is 23.0 Å². The van der Waals surface area contributed by atoms with E-state index in [1.54, 1.807) is 0 Å². The zero-order valence-electron chi connectivity index (χ0n) is 15.4. The zero-order chi connectivity index (χ0) is 21.3. The molecule has 0 radical (unpaired) electrons. The van der Waals surface area contributed by atoms with Gasteiger partial charge in [0.1, 0.15) is 0 Å². The van der Waals surface area contributed by atoms with Crippen molar-refractivity contribution < 1.29 is 31.6 Å². The molecule has 10 heteroatoms. The number of urea groups is 1. The molecule has 0 atom stereocenters. The molecule has 0 saturated carbocycles. The maximum atomic E-state index is 12.7. The van der Waals surface area contributed by atoms with Crippen molar-refractivity contribution in [1.29, 1.82) is 0 Å². The van der Waals surface area contributed by atoms with Crippen molar-refractivity contribution in [3.05, 3.63) is 71.9 Å². The van der Waals surface area contributed by atoms with Crippen molar-refractivity contribution in [2.45, 2.75) is 19.1 Å². The van der Waals surface area contributed by atoms with Crippen LogP contribution in [0.2, 0.25) is 0 Å². The molecule has 154 valence electrons. The Kier molecular flexibility index (Phi) is 7.70. The first-order valence-electron chi connectivity index (χ1n) is 8.43. The first-order chi connectivity index (χ1) is 13.9. The van der Waals surface area contributed by atoms with E-state index < -0.39 is 17.8 Å². The van der Waals surface area contributed by atoms with Gasteiger partial charge in [0.05, 0.1) is 12.7 Å². The lowest BCUT2D eigenvalue weighted by molar-refractivity contribution is -0.761. The van der Waals surface area contributed by atoms with E-state index in [2.05, 4.69) is 15.9 Å². The van der Waals surface area contributed by atoms with E-state index in [0.717, 1.165) is 24.1 Å². The van der Waals surface area contributed by atoms with Crippen molar-refractivity contribution in [2.75, 3.05) is 17.8 Å². The molecule has 0 fully saturated rings. The van der Waals surface area contributed by atoms with Crippen LogP contribution in [0.4, 0.5) is 33.9 Å². The number of benzene rings is 2. The summed E-state index contributed by atoms with van der Waals surface area (Å²) in [5, 5.41) is 8.50. The van der Waals surface area contributed by atoms with Crippen molar-refractivity contribution in [3.63, 3.8) is 0 Å². The molecular formula is C19H19F4N4O2+. The smallest absolute Gasteiger partial charge is 0.308 e. The van der Waals surface area contributed by atoms with E-state index in [1.807, 2.05) is 30.3 Å². The fourth-order valence-corrected chi connectivity index (χ4v) is 2.38. The molecule has 2 amide bonds. The predicted molar refractivity (Wildman–Crippen MR) is 98.0 cm³/mol. The van der Waals surface area contributed by atoms with Crippen LogP contribution in [0.25, 0.3) is 0 Å². The number of amides is 2. The maximum absolute atomic E-state index is 12.7. The van der Waals surface area contributed by atoms with Crippen molar-refractivity contribution in [1.82, 2.24) is 5.27 Å². The van der Waals surface area contributed by atoms with Gasteiger partial charge in [0.2, 0.25) is 5.27 Å². The largest absolute Gasteiger partial charge is 0.416 e. The molecule has 0 unspecified atom stereocenters. The molecule has 29 heavy (non-hydrogen) atoms. The number of nitrogens with zero attached hydrogens (tertiary/aromatic N) is 2. The number of rotatable bonds is 5. The first kappa shape index (κ1) is 21.9. The maximum Gasteiger partial charge on any atom is 0.416 e. The van der Waals surface area contributed by atoms with Crippen LogP contribution in [0, 0.1) is 0 Å². The van der Waals surface area contributed by atoms with Crippen LogP contribution in [0.5, 0.6) is 0 Å². The van der Waals surface area contributed by atoms with Crippen LogP contribution in [0.3, 0.4) is 0 Å². The minimum atomic E-state index is -4.48. The average Bonchev–Trinajstić information content (AvgIpc) is 3.15. The molecule has 1 aromatic heterocycles. The van der Waals surface area contributed by atoms with Gasteiger partial charge in [-0.05, 0) is 23.8 Å². The standard InChI is InChI=1S/C18H15F3N4O2.CH3F/c19-18(20,21)14-7-4-8-15(11-14)22-17(26)23-16-12-25(24-27-16)10-9-13-5-2-1-3-6-13;1-2/h1-8,11-12H,9-10H2,(H-,22,23,24,26);1H3/p+1. The number of hydrogen-bond acceptors (Lipinski definition) is 3. The third-order valence-corrected chi connectivity index (χ3v) is 3.67. The highest BCUT2D eigenvalue weighted by Gasteiger charge is 2.30. The lowest BCUT2D eigenvalue weighted by atomic mass is 10.1. The number of hydrogen-bond donors (Lipinski definition) is 2. The van der Waals surface area contributed by atoms with Gasteiger partial charge in [-0.15, -0.1) is 0 Å². The average molecular weight is 411 g/mol. The quantitative estimate of drug-likeness (QED) is 0.481. The number of nitrogens with one attached hydrogen (secondary N) is 2. The van der Waals surface area contributed by atoms with Gasteiger partial charge in [-0.3, -0.25) is 14.2 Å². The topological polar surface area (TPSA) is 71.0 Å². The zero-order valence-corrected chi connectivity index (χ0v) is 15.4. The number of carbonyl (C=O) groups excluding carboxylic acids is 1. The molecule has 0 bridgehead atoms. The highest BCUT2D eigenvalue weighted by atomic mass is 19.4. The number of alkyl halides is 4. The number of carbonyl (C=O) groups is 1. The summed E-state index contributed by atoms with van der Waals surface area (Å²) in [6, 6.07) is 13.4. The third kappa shape index (κ3) is 6.91. The second kappa shape index (κ2) is 10.2. The van der Waals surface area contributed by atoms with Gasteiger partial charge in [0.15, 0.2) is 6.54 Å². The summed E-state index contributed by atoms with van der Waals surface area (Å²) in [7, 11) is 0.500. The molecule has 2 aromatic carbocycles. The van der Waals surface area contributed by atoms with Gasteiger partial charge in [-0.25, -0.2) is 4.79 Å². The van der Waals surface area contributed by atoms with Crippen LogP contribution in [-0.4, -0.2) is 18.5 Å². The van der Waals surface area contributed by atoms with Gasteiger partial charge in [-0.1, -0.05) is 41.1 Å². The molecule has 0 aliphatic rings. The molecule has 0 spiro atoms. The summed E-state index contributed by atoms with van der Waals surface area (Å²) in [4.78, 5) is 11.9. The normalized spacial score (nSPS) is 10.7. The van der Waals surface area contributed by atoms with Crippen molar-refractivity contribution >= 4 is 17.6 Å². The summed E-state index contributed by atoms with van der Waals surface area (Å²) < 4.78 is 54.1. The fourth-order valence-electron chi connectivity index (χ4n) is 2.38. The SMILES string of the molecule is CF.O=C(Nc1cccc(C(F)(F)F)c1)Nc1c[n+](CCc2ccccc2)no1. The monoisotopic (exact) mass is 411 g/mol. The van der Waals surface area contributed by atoms with E-state index >= 15 is 0 Å². The van der Waals surface area contributed by atoms with Crippen LogP contribution in [0.15, 0.2) is 65.3 Å². The van der Waals surface area contributed by atoms with Gasteiger partial charge in [-0.2, -0.15) is 13.2 Å². The second-order valence-electron chi connectivity index (χ2n) is 5.72. The Balaban J connectivity index is 0.00000145. The second-order valence-corrected chi connectivity index (χ2v) is 5.72. The van der Waals surface area contributed by atoms with Gasteiger partial charge >= 0.3 is 18.1 Å². The molecule has 0 aliphatic carbocycles. The molecule has 1 heterocycles. The van der Waals surface area contributed by atoms with Crippen LogP contribution >= 0.6 is 0 Å². The summed E-state index contributed by atoms with van der Waals surface area (Å²) >= 11 is 0. The Morgan fingerprint density at radius 1 is 1.07 bits per heavy atom. The Bertz CT molecular complexity index is 914. The summed E-state index contributed by atoms with van der Waals surface area (Å²) in [5.74, 6) is 0.0764. The molecular weight excluding hydrogens is 392 g/mol. The van der Waals surface area contributed by atoms with Crippen molar-refractivity contribution in [3.8, 4) is 0 Å². The minimum absolute atomic E-state index is 0.0128. The molecule has 2 N–H and O–H groups in total. The lowest BCUT2D eigenvalue weighted by Gasteiger charge is -2.09. The first-order valence-corrected chi connectivity index (χ1v) is 8.43. The number of anilines is 2. The predicted octanol–water partition coefficient (Wildman–Crippen LogP) is 4.45. The van der Waals surface area contributed by atoms with E-state index in [4.69, 9.17) is 4.52 Å². The Morgan fingerprint density at radius 2 is 1.79 bits per heavy atom. The summed E-state index contributed by atoms with van der Waals surface area (Å²) in [5.41, 5.74) is 0.294. The third-order valence-electron chi connectivity index (χ3n) is 3.67. The number of aromatic nitrogens is 2.